The molecule has 2 rings (SSSR count). The predicted molar refractivity (Wildman–Crippen MR) is 55.5 cm³/mol. The van der Waals surface area contributed by atoms with Crippen LogP contribution in [-0.2, 0) is 11.3 Å². The van der Waals surface area contributed by atoms with Crippen molar-refractivity contribution in [3.63, 3.8) is 0 Å². The number of tetrazole rings is 1. The highest BCUT2D eigenvalue weighted by atomic mass is 16.5. The van der Waals surface area contributed by atoms with E-state index in [4.69, 9.17) is 4.74 Å². The number of unbranched alkanes of at least 4 members (excludes halogenated alkanes) is 1. The van der Waals surface area contributed by atoms with Crippen LogP contribution in [0.15, 0.2) is 0 Å². The number of rotatable bonds is 4. The van der Waals surface area contributed by atoms with Gasteiger partial charge >= 0.3 is 0 Å². The molecule has 0 bridgehead atoms. The molecule has 0 spiro atoms. The fraction of sp³-hybridized carbons (Fsp3) is 0.900. The molecule has 1 aromatic heterocycles. The molecule has 84 valence electrons. The van der Waals surface area contributed by atoms with Crippen molar-refractivity contribution in [2.45, 2.75) is 45.1 Å². The molecule has 1 fully saturated rings. The molecule has 15 heavy (non-hydrogen) atoms. The first-order valence-electron chi connectivity index (χ1n) is 5.75. The van der Waals surface area contributed by atoms with Crippen molar-refractivity contribution < 1.29 is 4.74 Å². The van der Waals surface area contributed by atoms with Crippen LogP contribution in [0.4, 0.5) is 0 Å². The summed E-state index contributed by atoms with van der Waals surface area (Å²) in [6.07, 6.45) is 4.41. The Bertz CT molecular complexity index is 293. The lowest BCUT2D eigenvalue weighted by molar-refractivity contribution is 0.0825. The second-order valence-electron chi connectivity index (χ2n) is 4.00. The minimum atomic E-state index is 0.491. The van der Waals surface area contributed by atoms with Crippen molar-refractivity contribution in [1.82, 2.24) is 20.2 Å². The largest absolute Gasteiger partial charge is 0.381 e. The normalized spacial score (nSPS) is 18.2. The van der Waals surface area contributed by atoms with E-state index >= 15 is 0 Å². The van der Waals surface area contributed by atoms with Crippen LogP contribution in [0, 0.1) is 0 Å². The summed E-state index contributed by atoms with van der Waals surface area (Å²) >= 11 is 0. The number of hydrogen-bond acceptors (Lipinski definition) is 4. The predicted octanol–water partition coefficient (Wildman–Crippen LogP) is 1.37. The molecule has 0 radical (unpaired) electrons. The van der Waals surface area contributed by atoms with Crippen molar-refractivity contribution in [1.29, 1.82) is 0 Å². The summed E-state index contributed by atoms with van der Waals surface area (Å²) in [4.78, 5) is 0. The van der Waals surface area contributed by atoms with Gasteiger partial charge in [0.15, 0.2) is 5.82 Å². The molecule has 0 N–H and O–H groups in total. The van der Waals surface area contributed by atoms with Gasteiger partial charge in [-0.1, -0.05) is 13.3 Å². The minimum absolute atomic E-state index is 0.491. The molecule has 0 amide bonds. The van der Waals surface area contributed by atoms with Crippen molar-refractivity contribution >= 4 is 0 Å². The van der Waals surface area contributed by atoms with Crippen LogP contribution in [0.3, 0.4) is 0 Å². The van der Waals surface area contributed by atoms with Gasteiger partial charge in [0.1, 0.15) is 0 Å². The Kier molecular flexibility index (Phi) is 3.66. The number of ether oxygens (including phenoxy) is 1. The molecular weight excluding hydrogens is 192 g/mol. The fourth-order valence-electron chi connectivity index (χ4n) is 1.93. The third kappa shape index (κ3) is 2.53. The number of nitrogens with zero attached hydrogens (tertiary/aromatic N) is 4. The van der Waals surface area contributed by atoms with Gasteiger partial charge in [-0.15, -0.1) is 5.10 Å². The van der Waals surface area contributed by atoms with E-state index in [0.29, 0.717) is 5.92 Å². The van der Waals surface area contributed by atoms with E-state index in [1.54, 1.807) is 0 Å². The Morgan fingerprint density at radius 2 is 2.20 bits per heavy atom. The lowest BCUT2D eigenvalue weighted by atomic mass is 9.99. The second kappa shape index (κ2) is 5.21. The third-order valence-electron chi connectivity index (χ3n) is 2.87. The molecule has 1 aliphatic rings. The van der Waals surface area contributed by atoms with Crippen molar-refractivity contribution in [2.24, 2.45) is 0 Å². The number of aromatic nitrogens is 4. The van der Waals surface area contributed by atoms with E-state index in [1.165, 1.54) is 6.42 Å². The zero-order valence-electron chi connectivity index (χ0n) is 9.22. The quantitative estimate of drug-likeness (QED) is 0.753. The van der Waals surface area contributed by atoms with Crippen molar-refractivity contribution in [2.75, 3.05) is 13.2 Å². The molecule has 1 aromatic rings. The molecule has 1 aliphatic heterocycles. The molecule has 0 atom stereocenters. The second-order valence-corrected chi connectivity index (χ2v) is 4.00. The molecule has 5 nitrogen and oxygen atoms in total. The standard InChI is InChI=1S/C10H18N4O/c1-2-3-6-14-10(11-12-13-14)9-4-7-15-8-5-9/h9H,2-8H2,1H3. The van der Waals surface area contributed by atoms with Crippen LogP contribution in [0.25, 0.3) is 0 Å². The van der Waals surface area contributed by atoms with Gasteiger partial charge < -0.3 is 4.74 Å². The fourth-order valence-corrected chi connectivity index (χ4v) is 1.93. The van der Waals surface area contributed by atoms with E-state index < -0.39 is 0 Å². The van der Waals surface area contributed by atoms with E-state index in [2.05, 4.69) is 22.4 Å². The molecule has 0 unspecified atom stereocenters. The lowest BCUT2D eigenvalue weighted by Crippen LogP contribution is -2.18. The zero-order valence-corrected chi connectivity index (χ0v) is 9.22. The summed E-state index contributed by atoms with van der Waals surface area (Å²) in [6, 6.07) is 0. The highest BCUT2D eigenvalue weighted by molar-refractivity contribution is 4.94. The first-order valence-corrected chi connectivity index (χ1v) is 5.75. The van der Waals surface area contributed by atoms with Crippen LogP contribution in [0.2, 0.25) is 0 Å². The first kappa shape index (κ1) is 10.5. The maximum Gasteiger partial charge on any atom is 0.154 e. The van der Waals surface area contributed by atoms with Crippen LogP contribution >= 0.6 is 0 Å². The van der Waals surface area contributed by atoms with Gasteiger partial charge in [0.2, 0.25) is 0 Å². The van der Waals surface area contributed by atoms with Gasteiger partial charge in [-0.2, -0.15) is 0 Å². The molecule has 2 heterocycles. The average Bonchev–Trinajstić information content (AvgIpc) is 2.75. The molecule has 0 aromatic carbocycles. The van der Waals surface area contributed by atoms with Crippen LogP contribution in [-0.4, -0.2) is 33.4 Å². The summed E-state index contributed by atoms with van der Waals surface area (Å²) < 4.78 is 7.30. The monoisotopic (exact) mass is 210 g/mol. The third-order valence-corrected chi connectivity index (χ3v) is 2.87. The number of aryl methyl sites for hydroxylation is 1. The van der Waals surface area contributed by atoms with Gasteiger partial charge in [-0.3, -0.25) is 0 Å². The highest BCUT2D eigenvalue weighted by Crippen LogP contribution is 2.24. The van der Waals surface area contributed by atoms with Gasteiger partial charge in [0.05, 0.1) is 0 Å². The maximum absolute atomic E-state index is 5.34. The topological polar surface area (TPSA) is 52.8 Å². The minimum Gasteiger partial charge on any atom is -0.381 e. The van der Waals surface area contributed by atoms with Crippen LogP contribution in [0.1, 0.15) is 44.3 Å². The van der Waals surface area contributed by atoms with E-state index in [1.807, 2.05) is 4.68 Å². The molecular formula is C10H18N4O. The smallest absolute Gasteiger partial charge is 0.154 e. The molecule has 5 heteroatoms. The van der Waals surface area contributed by atoms with E-state index in [0.717, 1.165) is 44.8 Å². The van der Waals surface area contributed by atoms with Gasteiger partial charge in [0, 0.05) is 25.7 Å². The zero-order chi connectivity index (χ0) is 10.5. The molecule has 0 saturated carbocycles. The van der Waals surface area contributed by atoms with Gasteiger partial charge in [0.25, 0.3) is 0 Å². The average molecular weight is 210 g/mol. The molecule has 0 aliphatic carbocycles. The Hall–Kier alpha value is -0.970. The summed E-state index contributed by atoms with van der Waals surface area (Å²) in [7, 11) is 0. The maximum atomic E-state index is 5.34. The first-order chi connectivity index (χ1) is 7.42. The van der Waals surface area contributed by atoms with Crippen molar-refractivity contribution in [3.05, 3.63) is 5.82 Å². The van der Waals surface area contributed by atoms with Crippen LogP contribution in [0.5, 0.6) is 0 Å². The van der Waals surface area contributed by atoms with Crippen molar-refractivity contribution in [3.8, 4) is 0 Å². The Morgan fingerprint density at radius 1 is 1.40 bits per heavy atom. The SMILES string of the molecule is CCCCn1nnnc1C1CCOCC1. The van der Waals surface area contributed by atoms with Crippen LogP contribution < -0.4 is 0 Å². The van der Waals surface area contributed by atoms with Gasteiger partial charge in [-0.25, -0.2) is 4.68 Å². The summed E-state index contributed by atoms with van der Waals surface area (Å²) in [5.41, 5.74) is 0. The Labute approximate surface area is 89.8 Å². The molecule has 1 saturated heterocycles. The Morgan fingerprint density at radius 3 is 2.93 bits per heavy atom. The summed E-state index contributed by atoms with van der Waals surface area (Å²) in [5.74, 6) is 1.54. The number of hydrogen-bond donors (Lipinski definition) is 0. The Balaban J connectivity index is 2.02. The van der Waals surface area contributed by atoms with Gasteiger partial charge in [-0.05, 0) is 29.7 Å². The lowest BCUT2D eigenvalue weighted by Gasteiger charge is -2.20. The summed E-state index contributed by atoms with van der Waals surface area (Å²) in [5, 5.41) is 12.0. The highest BCUT2D eigenvalue weighted by Gasteiger charge is 2.21. The summed E-state index contributed by atoms with van der Waals surface area (Å²) in [6.45, 7) is 4.80. The van der Waals surface area contributed by atoms with E-state index in [-0.39, 0.29) is 0 Å². The van der Waals surface area contributed by atoms with E-state index in [9.17, 15) is 0 Å².